The number of sulfonamides is 1. The first-order chi connectivity index (χ1) is 12.3. The largest absolute Gasteiger partial charge is 0.372 e. The predicted octanol–water partition coefficient (Wildman–Crippen LogP) is 2.62. The van der Waals surface area contributed by atoms with Crippen LogP contribution in [0.2, 0.25) is 0 Å². The van der Waals surface area contributed by atoms with Gasteiger partial charge in [-0.15, -0.1) is 0 Å². The van der Waals surface area contributed by atoms with Crippen molar-refractivity contribution in [2.24, 2.45) is 0 Å². The van der Waals surface area contributed by atoms with Crippen molar-refractivity contribution in [2.75, 3.05) is 48.2 Å². The molecule has 0 aliphatic carbocycles. The molecule has 1 fully saturated rings. The molecular weight excluding hydrogens is 350 g/mol. The van der Waals surface area contributed by atoms with E-state index < -0.39 is 10.0 Å². The van der Waals surface area contributed by atoms with Crippen molar-refractivity contribution >= 4 is 27.3 Å². The van der Waals surface area contributed by atoms with Crippen LogP contribution >= 0.6 is 0 Å². The van der Waals surface area contributed by atoms with Gasteiger partial charge in [0.25, 0.3) is 0 Å². The number of anilines is 2. The fourth-order valence-electron chi connectivity index (χ4n) is 3.45. The lowest BCUT2D eigenvalue weighted by Gasteiger charge is -2.31. The zero-order chi connectivity index (χ0) is 19.3. The highest BCUT2D eigenvalue weighted by Gasteiger charge is 2.26. The first-order valence-corrected chi connectivity index (χ1v) is 11.2. The van der Waals surface area contributed by atoms with Gasteiger partial charge in [0.15, 0.2) is 0 Å². The van der Waals surface area contributed by atoms with Crippen molar-refractivity contribution in [3.63, 3.8) is 0 Å². The SMILES string of the molecule is CCN(CC)c1ccc(N(CC(=O)N2CCCCC2)S(C)(=O)=O)c(C)c1. The fraction of sp³-hybridized carbons (Fsp3) is 0.632. The number of benzene rings is 1. The van der Waals surface area contributed by atoms with E-state index in [0.29, 0.717) is 5.69 Å². The molecule has 1 heterocycles. The molecule has 0 atom stereocenters. The highest BCUT2D eigenvalue weighted by Crippen LogP contribution is 2.27. The lowest BCUT2D eigenvalue weighted by atomic mass is 10.1. The van der Waals surface area contributed by atoms with Gasteiger partial charge in [-0.2, -0.15) is 0 Å². The Bertz CT molecular complexity index is 724. The number of carbonyl (C=O) groups excluding carboxylic acids is 1. The number of hydrogen-bond acceptors (Lipinski definition) is 4. The van der Waals surface area contributed by atoms with Crippen molar-refractivity contribution in [3.8, 4) is 0 Å². The van der Waals surface area contributed by atoms with E-state index in [1.165, 1.54) is 4.31 Å². The van der Waals surface area contributed by atoms with Gasteiger partial charge >= 0.3 is 0 Å². The number of amides is 1. The molecule has 1 aromatic carbocycles. The Morgan fingerprint density at radius 1 is 1.12 bits per heavy atom. The second-order valence-corrected chi connectivity index (χ2v) is 8.76. The highest BCUT2D eigenvalue weighted by atomic mass is 32.2. The van der Waals surface area contributed by atoms with Crippen molar-refractivity contribution in [1.82, 2.24) is 4.90 Å². The van der Waals surface area contributed by atoms with Gasteiger partial charge in [0.2, 0.25) is 15.9 Å². The first-order valence-electron chi connectivity index (χ1n) is 9.39. The smallest absolute Gasteiger partial charge is 0.243 e. The summed E-state index contributed by atoms with van der Waals surface area (Å²) < 4.78 is 26.0. The Morgan fingerprint density at radius 3 is 2.23 bits per heavy atom. The molecule has 1 aromatic rings. The average Bonchev–Trinajstić information content (AvgIpc) is 2.61. The Kier molecular flexibility index (Phi) is 6.92. The van der Waals surface area contributed by atoms with Crippen molar-refractivity contribution in [1.29, 1.82) is 0 Å². The van der Waals surface area contributed by atoms with E-state index in [1.807, 2.05) is 25.1 Å². The van der Waals surface area contributed by atoms with Crippen LogP contribution in [-0.2, 0) is 14.8 Å². The predicted molar refractivity (Wildman–Crippen MR) is 107 cm³/mol. The van der Waals surface area contributed by atoms with E-state index in [9.17, 15) is 13.2 Å². The molecule has 26 heavy (non-hydrogen) atoms. The summed E-state index contributed by atoms with van der Waals surface area (Å²) in [6.07, 6.45) is 4.27. The van der Waals surface area contributed by atoms with Crippen molar-refractivity contribution in [3.05, 3.63) is 23.8 Å². The van der Waals surface area contributed by atoms with Gasteiger partial charge in [0, 0.05) is 31.9 Å². The summed E-state index contributed by atoms with van der Waals surface area (Å²) in [4.78, 5) is 16.6. The van der Waals surface area contributed by atoms with Crippen LogP contribution in [-0.4, -0.2) is 58.2 Å². The maximum atomic E-state index is 12.6. The molecule has 0 aromatic heterocycles. The summed E-state index contributed by atoms with van der Waals surface area (Å²) in [5.74, 6) is -0.123. The zero-order valence-corrected chi connectivity index (χ0v) is 17.2. The van der Waals surface area contributed by atoms with Crippen LogP contribution < -0.4 is 9.21 Å². The monoisotopic (exact) mass is 381 g/mol. The molecule has 6 nitrogen and oxygen atoms in total. The molecule has 7 heteroatoms. The van der Waals surface area contributed by atoms with Gasteiger partial charge in [0.1, 0.15) is 6.54 Å². The van der Waals surface area contributed by atoms with Crippen molar-refractivity contribution in [2.45, 2.75) is 40.0 Å². The number of likely N-dealkylation sites (tertiary alicyclic amines) is 1. The zero-order valence-electron chi connectivity index (χ0n) is 16.4. The third-order valence-electron chi connectivity index (χ3n) is 4.97. The number of nitrogens with zero attached hydrogens (tertiary/aromatic N) is 3. The lowest BCUT2D eigenvalue weighted by Crippen LogP contribution is -2.44. The molecule has 0 bridgehead atoms. The molecule has 1 saturated heterocycles. The molecule has 146 valence electrons. The average molecular weight is 382 g/mol. The van der Waals surface area contributed by atoms with E-state index in [-0.39, 0.29) is 12.5 Å². The summed E-state index contributed by atoms with van der Waals surface area (Å²) in [6, 6.07) is 5.73. The van der Waals surface area contributed by atoms with E-state index in [2.05, 4.69) is 18.7 Å². The maximum absolute atomic E-state index is 12.6. The van der Waals surface area contributed by atoms with E-state index >= 15 is 0 Å². The quantitative estimate of drug-likeness (QED) is 0.728. The van der Waals surface area contributed by atoms with Crippen LogP contribution in [0, 0.1) is 6.92 Å². The third-order valence-corrected chi connectivity index (χ3v) is 6.09. The minimum absolute atomic E-state index is 0.123. The fourth-order valence-corrected chi connectivity index (χ4v) is 4.36. The molecule has 0 unspecified atom stereocenters. The normalized spacial score (nSPS) is 15.0. The summed E-state index contributed by atoms with van der Waals surface area (Å²) in [6.45, 7) is 9.15. The first kappa shape index (κ1) is 20.6. The Morgan fingerprint density at radius 2 is 1.73 bits per heavy atom. The summed E-state index contributed by atoms with van der Waals surface area (Å²) in [7, 11) is -3.55. The van der Waals surface area contributed by atoms with E-state index in [0.717, 1.165) is 62.9 Å². The Balaban J connectivity index is 2.28. The van der Waals surface area contributed by atoms with Crippen LogP contribution in [0.25, 0.3) is 0 Å². The maximum Gasteiger partial charge on any atom is 0.243 e. The standard InChI is InChI=1S/C19H31N3O3S/c1-5-20(6-2)17-10-11-18(16(3)14-17)22(26(4,24)25)15-19(23)21-12-8-7-9-13-21/h10-11,14H,5-9,12-13,15H2,1-4H3. The minimum Gasteiger partial charge on any atom is -0.372 e. The van der Waals surface area contributed by atoms with Gasteiger partial charge < -0.3 is 9.80 Å². The third kappa shape index (κ3) is 4.90. The highest BCUT2D eigenvalue weighted by molar-refractivity contribution is 7.92. The number of aryl methyl sites for hydroxylation is 1. The molecule has 1 aliphatic heterocycles. The second kappa shape index (κ2) is 8.75. The van der Waals surface area contributed by atoms with Gasteiger partial charge in [-0.25, -0.2) is 8.42 Å². The van der Waals surface area contributed by atoms with Crippen LogP contribution in [0.15, 0.2) is 18.2 Å². The number of rotatable bonds is 7. The van der Waals surface area contributed by atoms with Crippen molar-refractivity contribution < 1.29 is 13.2 Å². The molecule has 0 spiro atoms. The van der Waals surface area contributed by atoms with E-state index in [1.54, 1.807) is 4.90 Å². The molecule has 1 aliphatic rings. The topological polar surface area (TPSA) is 60.9 Å². The Labute approximate surface area is 157 Å². The summed E-state index contributed by atoms with van der Waals surface area (Å²) in [5, 5.41) is 0. The lowest BCUT2D eigenvalue weighted by molar-refractivity contribution is -0.130. The number of carbonyl (C=O) groups is 1. The summed E-state index contributed by atoms with van der Waals surface area (Å²) in [5.41, 5.74) is 2.49. The van der Waals surface area contributed by atoms with E-state index in [4.69, 9.17) is 0 Å². The van der Waals surface area contributed by atoms with Gasteiger partial charge in [-0.05, 0) is 63.8 Å². The number of hydrogen-bond donors (Lipinski definition) is 0. The molecule has 0 saturated carbocycles. The van der Waals surface area contributed by atoms with Gasteiger partial charge in [0.05, 0.1) is 11.9 Å². The summed E-state index contributed by atoms with van der Waals surface area (Å²) >= 11 is 0. The van der Waals surface area contributed by atoms with Crippen LogP contribution in [0.1, 0.15) is 38.7 Å². The van der Waals surface area contributed by atoms with Crippen LogP contribution in [0.4, 0.5) is 11.4 Å². The Hall–Kier alpha value is -1.76. The molecule has 0 radical (unpaired) electrons. The molecule has 2 rings (SSSR count). The number of piperidine rings is 1. The van der Waals surface area contributed by atoms with Gasteiger partial charge in [-0.1, -0.05) is 0 Å². The van der Waals surface area contributed by atoms with Crippen LogP contribution in [0.3, 0.4) is 0 Å². The minimum atomic E-state index is -3.55. The molecule has 1 amide bonds. The molecule has 0 N–H and O–H groups in total. The van der Waals surface area contributed by atoms with Crippen LogP contribution in [0.5, 0.6) is 0 Å². The second-order valence-electron chi connectivity index (χ2n) is 6.85. The molecular formula is C19H31N3O3S. The van der Waals surface area contributed by atoms with Gasteiger partial charge in [-0.3, -0.25) is 9.10 Å².